The number of hydrogen-bond acceptors (Lipinski definition) is 13. The van der Waals surface area contributed by atoms with Crippen molar-refractivity contribution < 1.29 is 37.4 Å². The van der Waals surface area contributed by atoms with Gasteiger partial charge in [-0.1, -0.05) is 56.2 Å². The number of aromatic nitrogens is 5. The van der Waals surface area contributed by atoms with Crippen LogP contribution in [0.1, 0.15) is 125 Å². The molecule has 6 aromatic rings. The molecule has 81 heavy (non-hydrogen) atoms. The topological polar surface area (TPSA) is 160 Å². The van der Waals surface area contributed by atoms with Gasteiger partial charge in [0.05, 0.1) is 52.0 Å². The van der Waals surface area contributed by atoms with E-state index in [1.807, 2.05) is 42.6 Å². The van der Waals surface area contributed by atoms with Gasteiger partial charge in [0.2, 0.25) is 18.2 Å². The van der Waals surface area contributed by atoms with Crippen LogP contribution in [0.5, 0.6) is 6.01 Å². The number of anilines is 1. The highest BCUT2D eigenvalue weighted by atomic mass is 19.1. The lowest BCUT2D eigenvalue weighted by Crippen LogP contribution is -2.43. The van der Waals surface area contributed by atoms with Gasteiger partial charge >= 0.3 is 6.01 Å². The molecule has 16 nitrogen and oxygen atoms in total. The normalized spacial score (nSPS) is 21.3. The molecule has 0 bridgehead atoms. The molecular formula is C63H78F2N10O6. The third-order valence-corrected chi connectivity index (χ3v) is 17.8. The van der Waals surface area contributed by atoms with E-state index in [1.54, 1.807) is 26.4 Å². The smallest absolute Gasteiger partial charge is 0.319 e. The number of terminal acetylenes is 1. The highest BCUT2D eigenvalue weighted by molar-refractivity contribution is 6.04. The van der Waals surface area contributed by atoms with Crippen LogP contribution in [0.25, 0.3) is 43.8 Å². The van der Waals surface area contributed by atoms with Crippen molar-refractivity contribution in [2.24, 2.45) is 13.0 Å². The van der Waals surface area contributed by atoms with E-state index in [2.05, 4.69) is 54.0 Å². The van der Waals surface area contributed by atoms with Gasteiger partial charge in [-0.05, 0) is 138 Å². The van der Waals surface area contributed by atoms with Crippen LogP contribution in [-0.2, 0) is 37.3 Å². The first kappa shape index (κ1) is 57.6. The van der Waals surface area contributed by atoms with Crippen molar-refractivity contribution in [3.05, 3.63) is 82.7 Å². The van der Waals surface area contributed by atoms with Gasteiger partial charge in [0, 0.05) is 76.8 Å². The van der Waals surface area contributed by atoms with Crippen molar-refractivity contribution in [3.63, 3.8) is 0 Å². The second-order valence-corrected chi connectivity index (χ2v) is 22.6. The maximum atomic E-state index is 16.9. The molecule has 3 aromatic carbocycles. The zero-order valence-electron chi connectivity index (χ0n) is 47.8. The SMILES string of the molecule is C#Cc1c(F)ccc2cccc(-c3nc4c5c(nc(OCC67CCCN6CCC7)nc5c3F)N3CCCOCC3CC4)c12.CC.COC.Cn1nc(C2CCC(=O)NC2=O)c2ccc(C3CCN(CC4CCN(C=O)CC4)CC3)cc21. The van der Waals surface area contributed by atoms with E-state index in [0.29, 0.717) is 84.2 Å². The number of hydrogen-bond donors (Lipinski definition) is 1. The first-order valence-electron chi connectivity index (χ1n) is 29.4. The summed E-state index contributed by atoms with van der Waals surface area (Å²) in [6, 6.07) is 15.2. The quantitative estimate of drug-likeness (QED) is 0.0831. The van der Waals surface area contributed by atoms with Crippen molar-refractivity contribution in [2.75, 3.05) is 91.3 Å². The Morgan fingerprint density at radius 1 is 0.877 bits per heavy atom. The number of fused-ring (bicyclic) bond motifs is 5. The van der Waals surface area contributed by atoms with Crippen LogP contribution in [0.3, 0.4) is 0 Å². The lowest BCUT2D eigenvalue weighted by molar-refractivity contribution is -0.134. The van der Waals surface area contributed by atoms with E-state index in [1.165, 1.54) is 11.6 Å². The summed E-state index contributed by atoms with van der Waals surface area (Å²) in [5, 5.41) is 9.93. The second-order valence-electron chi connectivity index (χ2n) is 22.6. The van der Waals surface area contributed by atoms with Gasteiger partial charge in [0.1, 0.15) is 29.5 Å². The number of rotatable bonds is 9. The Morgan fingerprint density at radius 2 is 1.64 bits per heavy atom. The van der Waals surface area contributed by atoms with Crippen LogP contribution in [0, 0.1) is 29.9 Å². The molecular weight excluding hydrogens is 1030 g/mol. The van der Waals surface area contributed by atoms with E-state index in [0.717, 1.165) is 140 Å². The van der Waals surface area contributed by atoms with E-state index in [9.17, 15) is 18.8 Å². The molecule has 430 valence electrons. The van der Waals surface area contributed by atoms with Gasteiger partial charge in [-0.15, -0.1) is 6.42 Å². The lowest BCUT2D eigenvalue weighted by atomic mass is 9.87. The van der Waals surface area contributed by atoms with Crippen LogP contribution in [-0.4, -0.2) is 156 Å². The maximum absolute atomic E-state index is 16.9. The Kier molecular flexibility index (Phi) is 18.2. The number of imide groups is 1. The summed E-state index contributed by atoms with van der Waals surface area (Å²) >= 11 is 0. The number of ether oxygens (including phenoxy) is 3. The molecule has 10 heterocycles. The standard InChI is InChI=1S/C34H33F2N5O2.C25H33N5O3.C2H6O.C2H6/c1-2-23-25(35)11-9-21-7-3-8-24(27(21)23)30-29(36)31-28-26(37-30)12-10-22-19-42-18-6-17-41(22)32(28)39-33(38-31)43-20-34-13-4-15-40(34)16-5-14-34;1-28-22-14-19(2-3-20(22)24(27-28)21-4-5-23(32)26-25(21)33)18-8-12-29(13-9-18)15-17-6-10-30(16-31)11-7-17;1-3-2;1-2/h1,3,7-9,11,22H,4-6,10,12-20H2;2-3,14,16-18,21H,4-13,15H2,1H3,(H,26,32,33);1-2H3;1-2H3. The van der Waals surface area contributed by atoms with Gasteiger partial charge in [0.25, 0.3) is 0 Å². The molecule has 2 unspecified atom stereocenters. The summed E-state index contributed by atoms with van der Waals surface area (Å²) in [6.07, 6.45) is 18.8. The molecule has 7 aliphatic heterocycles. The average molecular weight is 1110 g/mol. The Balaban J connectivity index is 0.000000174. The van der Waals surface area contributed by atoms with Crippen molar-refractivity contribution in [1.82, 2.24) is 44.7 Å². The Morgan fingerprint density at radius 3 is 2.37 bits per heavy atom. The lowest BCUT2D eigenvalue weighted by Gasteiger charge is -2.37. The van der Waals surface area contributed by atoms with Gasteiger partial charge in [-0.3, -0.25) is 29.3 Å². The summed E-state index contributed by atoms with van der Waals surface area (Å²) in [5.74, 6) is 2.47. The van der Waals surface area contributed by atoms with Crippen LogP contribution >= 0.6 is 0 Å². The fourth-order valence-electron chi connectivity index (χ4n) is 13.7. The number of halogens is 2. The summed E-state index contributed by atoms with van der Waals surface area (Å²) in [5.41, 5.74) is 4.71. The fraction of sp³-hybridized carbons (Fsp3) is 0.540. The highest BCUT2D eigenvalue weighted by Gasteiger charge is 2.45. The van der Waals surface area contributed by atoms with Gasteiger partial charge < -0.3 is 28.9 Å². The predicted octanol–water partition coefficient (Wildman–Crippen LogP) is 9.08. The van der Waals surface area contributed by atoms with E-state index < -0.39 is 11.6 Å². The molecule has 13 rings (SSSR count). The van der Waals surface area contributed by atoms with Crippen molar-refractivity contribution in [3.8, 4) is 29.6 Å². The Labute approximate surface area is 474 Å². The summed E-state index contributed by atoms with van der Waals surface area (Å²) in [4.78, 5) is 58.7. The van der Waals surface area contributed by atoms with Crippen molar-refractivity contribution >= 4 is 56.6 Å². The summed E-state index contributed by atoms with van der Waals surface area (Å²) in [7, 11) is 5.18. The molecule has 6 fully saturated rings. The van der Waals surface area contributed by atoms with Crippen LogP contribution in [0.15, 0.2) is 48.5 Å². The molecule has 0 saturated carbocycles. The molecule has 0 aliphatic carbocycles. The van der Waals surface area contributed by atoms with E-state index in [4.69, 9.17) is 30.8 Å². The molecule has 18 heteroatoms. The van der Waals surface area contributed by atoms with E-state index in [-0.39, 0.29) is 52.1 Å². The van der Waals surface area contributed by atoms with Crippen LogP contribution < -0.4 is 15.0 Å². The van der Waals surface area contributed by atoms with Crippen LogP contribution in [0.4, 0.5) is 14.6 Å². The summed E-state index contributed by atoms with van der Waals surface area (Å²) in [6.45, 7) is 13.8. The van der Waals surface area contributed by atoms with Gasteiger partial charge in [-0.25, -0.2) is 13.8 Å². The second kappa shape index (κ2) is 25.6. The highest BCUT2D eigenvalue weighted by Crippen LogP contribution is 2.43. The molecule has 1 N–H and O–H groups in total. The van der Waals surface area contributed by atoms with E-state index >= 15 is 4.39 Å². The molecule has 0 spiro atoms. The number of methoxy groups -OCH3 is 1. The van der Waals surface area contributed by atoms with Crippen molar-refractivity contribution in [2.45, 2.75) is 121 Å². The van der Waals surface area contributed by atoms with Gasteiger partial charge in [-0.2, -0.15) is 15.1 Å². The number of nitrogens with one attached hydrogen (secondary N) is 1. The minimum Gasteiger partial charge on any atom is -0.461 e. The first-order chi connectivity index (χ1) is 39.5. The number of carbonyl (C=O) groups excluding carboxylic acids is 3. The Bertz CT molecular complexity index is 3280. The first-order valence-corrected chi connectivity index (χ1v) is 29.4. The molecule has 0 radical (unpaired) electrons. The minimum absolute atomic E-state index is 0.00280. The maximum Gasteiger partial charge on any atom is 0.319 e. The molecule has 3 aromatic heterocycles. The molecule has 6 saturated heterocycles. The number of piperidine rings is 3. The fourth-order valence-corrected chi connectivity index (χ4v) is 13.7. The zero-order valence-corrected chi connectivity index (χ0v) is 47.8. The molecule has 2 atom stereocenters. The number of aryl methyl sites for hydroxylation is 2. The Hall–Kier alpha value is -6.65. The number of carbonyl (C=O) groups is 3. The monoisotopic (exact) mass is 1110 g/mol. The average Bonchev–Trinajstić information content (AvgIpc) is 4.13. The zero-order chi connectivity index (χ0) is 56.8. The van der Waals surface area contributed by atoms with Gasteiger partial charge in [0.15, 0.2) is 5.82 Å². The predicted molar refractivity (Wildman–Crippen MR) is 310 cm³/mol. The number of amides is 3. The summed E-state index contributed by atoms with van der Waals surface area (Å²) < 4.78 is 50.2. The number of nitrogens with zero attached hydrogens (tertiary/aromatic N) is 9. The number of benzene rings is 3. The third-order valence-electron chi connectivity index (χ3n) is 17.8. The number of pyridine rings is 1. The number of likely N-dealkylation sites (tertiary alicyclic amines) is 2. The van der Waals surface area contributed by atoms with Crippen molar-refractivity contribution in [1.29, 1.82) is 0 Å². The minimum atomic E-state index is -0.585. The third kappa shape index (κ3) is 11.9. The largest absolute Gasteiger partial charge is 0.461 e. The molecule has 7 aliphatic rings. The molecule has 3 amide bonds. The van der Waals surface area contributed by atoms with Crippen LogP contribution in [0.2, 0.25) is 0 Å².